The molecule has 0 atom stereocenters. The third kappa shape index (κ3) is 5.44. The monoisotopic (exact) mass is 781 g/mol. The van der Waals surface area contributed by atoms with Crippen LogP contribution in [0.4, 0.5) is 0 Å². The van der Waals surface area contributed by atoms with Gasteiger partial charge in [0.25, 0.3) is 0 Å². The molecule has 0 amide bonds. The molecule has 61 heavy (non-hydrogen) atoms. The summed E-state index contributed by atoms with van der Waals surface area (Å²) in [4.78, 5) is 15.4. The molecular formula is C56H35N3O2. The maximum absolute atomic E-state index is 7.08. The summed E-state index contributed by atoms with van der Waals surface area (Å²) in [5.41, 5.74) is 10.9. The fourth-order valence-corrected chi connectivity index (χ4v) is 9.46. The molecule has 0 saturated heterocycles. The van der Waals surface area contributed by atoms with E-state index in [1.807, 2.05) is 54.6 Å². The van der Waals surface area contributed by atoms with Crippen LogP contribution >= 0.6 is 0 Å². The summed E-state index contributed by atoms with van der Waals surface area (Å²) < 4.78 is 14.1. The lowest BCUT2D eigenvalue weighted by Crippen LogP contribution is -2.28. The van der Waals surface area contributed by atoms with Crippen LogP contribution < -0.4 is 9.47 Å². The highest BCUT2D eigenvalue weighted by Gasteiger charge is 2.48. The van der Waals surface area contributed by atoms with Gasteiger partial charge in [0.1, 0.15) is 0 Å². The predicted octanol–water partition coefficient (Wildman–Crippen LogP) is 14.0. The summed E-state index contributed by atoms with van der Waals surface area (Å²) in [6.45, 7) is 0. The van der Waals surface area contributed by atoms with Gasteiger partial charge in [-0.25, -0.2) is 15.0 Å². The van der Waals surface area contributed by atoms with Crippen molar-refractivity contribution in [2.45, 2.75) is 5.41 Å². The van der Waals surface area contributed by atoms with E-state index in [1.54, 1.807) is 0 Å². The van der Waals surface area contributed by atoms with Crippen LogP contribution in [0.1, 0.15) is 22.3 Å². The van der Waals surface area contributed by atoms with Gasteiger partial charge in [-0.15, -0.1) is 0 Å². The zero-order chi connectivity index (χ0) is 40.3. The van der Waals surface area contributed by atoms with Crippen LogP contribution in [0.2, 0.25) is 0 Å². The number of para-hydroxylation sites is 1. The minimum Gasteiger partial charge on any atom is -0.449 e. The molecule has 2 aliphatic rings. The van der Waals surface area contributed by atoms with Crippen molar-refractivity contribution >= 4 is 10.8 Å². The molecule has 286 valence electrons. The standard InChI is InChI=1S/C56H35N3O2/c1-4-19-37(20-5-1)53-57-54(43-31-16-21-36-18-10-11-26-40(36)43)59-55(58-53)44-28-13-12-27-41(44)42-30-17-33-48-51(42)60-49-35-34-47-50(52(49)61-48)45-29-14-15-32-46(45)56(47,38-22-6-2-7-23-38)39-24-8-3-9-25-39/h1-35H. The molecule has 0 saturated carbocycles. The quantitative estimate of drug-likeness (QED) is 0.168. The van der Waals surface area contributed by atoms with Gasteiger partial charge >= 0.3 is 0 Å². The molecule has 10 aromatic rings. The summed E-state index contributed by atoms with van der Waals surface area (Å²) in [6.07, 6.45) is 0. The summed E-state index contributed by atoms with van der Waals surface area (Å²) in [7, 11) is 0. The first kappa shape index (κ1) is 34.9. The third-order valence-corrected chi connectivity index (χ3v) is 12.1. The second-order valence-electron chi connectivity index (χ2n) is 15.4. The molecule has 0 fully saturated rings. The number of fused-ring (bicyclic) bond motifs is 7. The molecule has 0 spiro atoms. The molecule has 0 unspecified atom stereocenters. The van der Waals surface area contributed by atoms with Crippen LogP contribution in [-0.4, -0.2) is 15.0 Å². The molecule has 1 aromatic heterocycles. The molecule has 5 heteroatoms. The average molecular weight is 782 g/mol. The Morgan fingerprint density at radius 2 is 0.852 bits per heavy atom. The van der Waals surface area contributed by atoms with Gasteiger partial charge in [-0.2, -0.15) is 0 Å². The van der Waals surface area contributed by atoms with E-state index in [4.69, 9.17) is 24.4 Å². The molecule has 0 N–H and O–H groups in total. The highest BCUT2D eigenvalue weighted by atomic mass is 16.6. The highest BCUT2D eigenvalue weighted by molar-refractivity contribution is 5.96. The molecule has 12 rings (SSSR count). The highest BCUT2D eigenvalue weighted by Crippen LogP contribution is 2.63. The Bertz CT molecular complexity index is 3270. The van der Waals surface area contributed by atoms with Crippen molar-refractivity contribution < 1.29 is 9.47 Å². The van der Waals surface area contributed by atoms with Crippen molar-refractivity contribution in [3.05, 3.63) is 235 Å². The van der Waals surface area contributed by atoms with Crippen molar-refractivity contribution in [1.29, 1.82) is 0 Å². The van der Waals surface area contributed by atoms with Gasteiger partial charge in [0, 0.05) is 27.8 Å². The van der Waals surface area contributed by atoms with E-state index >= 15 is 0 Å². The second kappa shape index (κ2) is 14.0. The second-order valence-corrected chi connectivity index (χ2v) is 15.4. The van der Waals surface area contributed by atoms with Crippen LogP contribution in [0, 0.1) is 0 Å². The topological polar surface area (TPSA) is 57.1 Å². The van der Waals surface area contributed by atoms with Gasteiger partial charge in [-0.1, -0.05) is 200 Å². The minimum atomic E-state index is -0.554. The third-order valence-electron chi connectivity index (χ3n) is 12.1. The number of hydrogen-bond donors (Lipinski definition) is 0. The van der Waals surface area contributed by atoms with Crippen LogP contribution in [0.25, 0.3) is 67.2 Å². The number of ether oxygens (including phenoxy) is 2. The Kier molecular flexibility index (Phi) is 8.00. The minimum absolute atomic E-state index is 0.554. The van der Waals surface area contributed by atoms with E-state index in [2.05, 4.69) is 158 Å². The van der Waals surface area contributed by atoms with E-state index in [-0.39, 0.29) is 0 Å². The summed E-state index contributed by atoms with van der Waals surface area (Å²) >= 11 is 0. The van der Waals surface area contributed by atoms with Crippen LogP contribution in [0.5, 0.6) is 23.0 Å². The largest absolute Gasteiger partial charge is 0.449 e. The number of benzene rings is 9. The predicted molar refractivity (Wildman–Crippen MR) is 243 cm³/mol. The SMILES string of the molecule is c1ccc(-c2nc(-c3ccccc3-c3cccc4c3Oc3ccc5c(c3O4)-c3ccccc3C5(c3ccccc3)c3ccccc3)nc(-c3cccc4ccccc34)n2)cc1. The molecular weight excluding hydrogens is 747 g/mol. The summed E-state index contributed by atoms with van der Waals surface area (Å²) in [5.74, 6) is 4.42. The Balaban J connectivity index is 1.01. The fourth-order valence-electron chi connectivity index (χ4n) is 9.46. The van der Waals surface area contributed by atoms with Crippen LogP contribution in [0.3, 0.4) is 0 Å². The van der Waals surface area contributed by atoms with Crippen LogP contribution in [0.15, 0.2) is 212 Å². The van der Waals surface area contributed by atoms with Crippen LogP contribution in [-0.2, 0) is 5.41 Å². The smallest absolute Gasteiger partial charge is 0.178 e. The maximum atomic E-state index is 7.08. The Morgan fingerprint density at radius 3 is 1.62 bits per heavy atom. The fraction of sp³-hybridized carbons (Fsp3) is 0.0179. The molecule has 2 heterocycles. The molecule has 0 radical (unpaired) electrons. The van der Waals surface area contributed by atoms with Crippen molar-refractivity contribution in [3.63, 3.8) is 0 Å². The first-order chi connectivity index (χ1) is 30.3. The number of nitrogens with zero attached hydrogens (tertiary/aromatic N) is 3. The summed E-state index contributed by atoms with van der Waals surface area (Å²) in [5, 5.41) is 2.20. The lowest BCUT2D eigenvalue weighted by Gasteiger charge is -2.34. The molecule has 0 bridgehead atoms. The molecule has 1 aliphatic carbocycles. The number of hydrogen-bond acceptors (Lipinski definition) is 5. The van der Waals surface area contributed by atoms with Crippen molar-refractivity contribution in [2.75, 3.05) is 0 Å². The lowest BCUT2D eigenvalue weighted by molar-refractivity contribution is 0.361. The van der Waals surface area contributed by atoms with Gasteiger partial charge < -0.3 is 9.47 Å². The number of aromatic nitrogens is 3. The van der Waals surface area contributed by atoms with Crippen molar-refractivity contribution in [2.24, 2.45) is 0 Å². The van der Waals surface area contributed by atoms with E-state index in [0.29, 0.717) is 40.5 Å². The van der Waals surface area contributed by atoms with Gasteiger partial charge in [0.05, 0.1) is 5.41 Å². The van der Waals surface area contributed by atoms with E-state index in [0.717, 1.165) is 55.3 Å². The zero-order valence-corrected chi connectivity index (χ0v) is 32.9. The van der Waals surface area contributed by atoms with E-state index < -0.39 is 5.41 Å². The van der Waals surface area contributed by atoms with Gasteiger partial charge in [-0.05, 0) is 56.3 Å². The van der Waals surface area contributed by atoms with Crippen molar-refractivity contribution in [1.82, 2.24) is 15.0 Å². The van der Waals surface area contributed by atoms with Gasteiger partial charge in [0.15, 0.2) is 40.5 Å². The first-order valence-electron chi connectivity index (χ1n) is 20.5. The van der Waals surface area contributed by atoms with Crippen molar-refractivity contribution in [3.8, 4) is 79.4 Å². The molecule has 5 nitrogen and oxygen atoms in total. The lowest BCUT2D eigenvalue weighted by atomic mass is 9.68. The maximum Gasteiger partial charge on any atom is 0.178 e. The van der Waals surface area contributed by atoms with E-state index in [9.17, 15) is 0 Å². The van der Waals surface area contributed by atoms with Gasteiger partial charge in [0.2, 0.25) is 0 Å². The zero-order valence-electron chi connectivity index (χ0n) is 32.9. The number of rotatable bonds is 6. The molecule has 1 aliphatic heterocycles. The Labute approximate surface area is 353 Å². The molecule has 9 aromatic carbocycles. The normalized spacial score (nSPS) is 13.0. The van der Waals surface area contributed by atoms with Gasteiger partial charge in [-0.3, -0.25) is 0 Å². The average Bonchev–Trinajstić information content (AvgIpc) is 3.65. The Morgan fingerprint density at radius 1 is 0.328 bits per heavy atom. The van der Waals surface area contributed by atoms with E-state index in [1.165, 1.54) is 16.7 Å². The summed E-state index contributed by atoms with van der Waals surface area (Å²) in [6, 6.07) is 73.6. The first-order valence-corrected chi connectivity index (χ1v) is 20.5. The Hall–Kier alpha value is -8.15.